The van der Waals surface area contributed by atoms with Crippen LogP contribution in [0.25, 0.3) is 0 Å². The molecule has 4 aliphatic rings. The number of nitrogens with one attached hydrogen (secondary N) is 2. The van der Waals surface area contributed by atoms with Crippen molar-refractivity contribution in [2.75, 3.05) is 11.9 Å². The van der Waals surface area contributed by atoms with Gasteiger partial charge >= 0.3 is 0 Å². The number of rotatable bonds is 4. The Kier molecular flexibility index (Phi) is 3.16. The van der Waals surface area contributed by atoms with E-state index in [0.717, 1.165) is 11.3 Å². The van der Waals surface area contributed by atoms with Gasteiger partial charge in [-0.2, -0.15) is 0 Å². The van der Waals surface area contributed by atoms with Crippen molar-refractivity contribution in [3.05, 3.63) is 65.6 Å². The highest BCUT2D eigenvalue weighted by atomic mass is 16.2. The highest BCUT2D eigenvalue weighted by Gasteiger charge is 2.98. The third-order valence-corrected chi connectivity index (χ3v) is 6.98. The normalized spacial score (nSPS) is 30.2. The number of benzene rings is 1. The van der Waals surface area contributed by atoms with Crippen molar-refractivity contribution in [1.82, 2.24) is 30.5 Å². The summed E-state index contributed by atoms with van der Waals surface area (Å²) in [5.41, 5.74) is 0.602. The quantitative estimate of drug-likeness (QED) is 0.675. The minimum Gasteiger partial charge on any atom is -0.334 e. The molecule has 2 aliphatic heterocycles. The Hall–Kier alpha value is -3.62. The number of nitrogens with zero attached hydrogens (tertiary/aromatic N) is 5. The average Bonchev–Trinajstić information content (AvgIpc) is 3.45. The smallest absolute Gasteiger partial charge is 0.289 e. The van der Waals surface area contributed by atoms with Gasteiger partial charge in [0.25, 0.3) is 11.8 Å². The molecule has 150 valence electrons. The van der Waals surface area contributed by atoms with Crippen LogP contribution in [0.2, 0.25) is 0 Å². The Labute approximate surface area is 172 Å². The SMILES string of the molecule is CN1C(=O)C2(NC(=O)c3nnc(Cc4ccccc4)[nH]3)C3C(c4nccnc41)C32C. The van der Waals surface area contributed by atoms with E-state index in [-0.39, 0.29) is 29.0 Å². The highest BCUT2D eigenvalue weighted by molar-refractivity contribution is 6.11. The fraction of sp³-hybridized carbons (Fsp3) is 0.333. The van der Waals surface area contributed by atoms with Crippen LogP contribution >= 0.6 is 0 Å². The van der Waals surface area contributed by atoms with Crippen molar-refractivity contribution < 1.29 is 9.59 Å². The van der Waals surface area contributed by atoms with E-state index in [2.05, 4.69) is 30.5 Å². The number of fused-ring (bicyclic) bond motifs is 1. The van der Waals surface area contributed by atoms with Gasteiger partial charge in [0, 0.05) is 43.1 Å². The molecule has 9 heteroatoms. The molecule has 2 saturated carbocycles. The van der Waals surface area contributed by atoms with E-state index in [1.165, 1.54) is 4.90 Å². The summed E-state index contributed by atoms with van der Waals surface area (Å²) in [4.78, 5) is 39.6. The predicted molar refractivity (Wildman–Crippen MR) is 106 cm³/mol. The second-order valence-electron chi connectivity index (χ2n) is 8.41. The third-order valence-electron chi connectivity index (χ3n) is 6.98. The van der Waals surface area contributed by atoms with Crippen LogP contribution < -0.4 is 10.2 Å². The van der Waals surface area contributed by atoms with Gasteiger partial charge in [-0.25, -0.2) is 4.98 Å². The van der Waals surface area contributed by atoms with Crippen LogP contribution in [0, 0.1) is 11.3 Å². The van der Waals surface area contributed by atoms with Crippen LogP contribution in [0.5, 0.6) is 0 Å². The molecule has 4 heterocycles. The lowest BCUT2D eigenvalue weighted by Crippen LogP contribution is -2.56. The molecule has 7 rings (SSSR count). The number of hydrogen-bond donors (Lipinski definition) is 2. The Morgan fingerprint density at radius 2 is 1.93 bits per heavy atom. The molecule has 4 unspecified atom stereocenters. The fourth-order valence-electron chi connectivity index (χ4n) is 5.35. The lowest BCUT2D eigenvalue weighted by atomic mass is 9.88. The van der Waals surface area contributed by atoms with Crippen LogP contribution in [-0.4, -0.2) is 49.6 Å². The number of carbonyl (C=O) groups is 2. The van der Waals surface area contributed by atoms with E-state index in [4.69, 9.17) is 0 Å². The number of anilines is 1. The van der Waals surface area contributed by atoms with E-state index < -0.39 is 11.4 Å². The van der Waals surface area contributed by atoms with Gasteiger partial charge in [0.15, 0.2) is 5.82 Å². The highest BCUT2D eigenvalue weighted by Crippen LogP contribution is 2.91. The topological polar surface area (TPSA) is 117 Å². The maximum Gasteiger partial charge on any atom is 0.289 e. The molecule has 0 saturated heterocycles. The molecule has 2 fully saturated rings. The molecular formula is C21H19N7O2. The molecule has 4 atom stereocenters. The fourth-order valence-corrected chi connectivity index (χ4v) is 5.35. The zero-order chi connectivity index (χ0) is 20.7. The van der Waals surface area contributed by atoms with Gasteiger partial charge in [-0.1, -0.05) is 37.3 Å². The van der Waals surface area contributed by atoms with Gasteiger partial charge in [0.05, 0.1) is 5.69 Å². The maximum absolute atomic E-state index is 13.3. The van der Waals surface area contributed by atoms with Gasteiger partial charge in [0.2, 0.25) is 5.82 Å². The molecule has 2 amide bonds. The first-order valence-electron chi connectivity index (χ1n) is 9.85. The lowest BCUT2D eigenvalue weighted by Gasteiger charge is -2.28. The summed E-state index contributed by atoms with van der Waals surface area (Å²) >= 11 is 0. The number of H-pyrrole nitrogens is 1. The van der Waals surface area contributed by atoms with Crippen molar-refractivity contribution in [3.63, 3.8) is 0 Å². The van der Waals surface area contributed by atoms with Gasteiger partial charge in [-0.05, 0) is 5.56 Å². The van der Waals surface area contributed by atoms with Crippen molar-refractivity contribution in [1.29, 1.82) is 0 Å². The van der Waals surface area contributed by atoms with Crippen LogP contribution in [0.4, 0.5) is 5.82 Å². The number of aromatic nitrogens is 5. The number of likely N-dealkylation sites (N-methyl/N-ethyl adjacent to an activating group) is 1. The van der Waals surface area contributed by atoms with Gasteiger partial charge < -0.3 is 10.3 Å². The van der Waals surface area contributed by atoms with Crippen LogP contribution in [0.1, 0.15) is 40.5 Å². The summed E-state index contributed by atoms with van der Waals surface area (Å²) < 4.78 is 0. The maximum atomic E-state index is 13.3. The Morgan fingerprint density at radius 1 is 1.20 bits per heavy atom. The molecular weight excluding hydrogens is 382 g/mol. The average molecular weight is 401 g/mol. The number of amides is 2. The molecule has 2 N–H and O–H groups in total. The zero-order valence-electron chi connectivity index (χ0n) is 16.5. The van der Waals surface area contributed by atoms with Crippen LogP contribution in [0.15, 0.2) is 42.7 Å². The number of carbonyl (C=O) groups excluding carboxylic acids is 2. The molecule has 2 aromatic heterocycles. The summed E-state index contributed by atoms with van der Waals surface area (Å²) in [5.74, 6) is 0.826. The molecule has 2 bridgehead atoms. The minimum atomic E-state index is -0.946. The molecule has 0 radical (unpaired) electrons. The molecule has 3 aromatic rings. The second-order valence-corrected chi connectivity index (χ2v) is 8.41. The zero-order valence-corrected chi connectivity index (χ0v) is 16.5. The van der Waals surface area contributed by atoms with Gasteiger partial charge in [-0.3, -0.25) is 19.5 Å². The van der Waals surface area contributed by atoms with Gasteiger partial charge in [0.1, 0.15) is 11.4 Å². The first-order chi connectivity index (χ1) is 14.5. The third kappa shape index (κ3) is 1.96. The molecule has 2 aliphatic carbocycles. The number of aromatic amines is 1. The first kappa shape index (κ1) is 17.3. The van der Waals surface area contributed by atoms with Crippen LogP contribution in [0.3, 0.4) is 0 Å². The molecule has 1 aromatic carbocycles. The van der Waals surface area contributed by atoms with Crippen LogP contribution in [-0.2, 0) is 11.2 Å². The molecule has 0 spiro atoms. The summed E-state index contributed by atoms with van der Waals surface area (Å²) in [5, 5.41) is 11.1. The van der Waals surface area contributed by atoms with Crippen molar-refractivity contribution in [2.45, 2.75) is 24.8 Å². The summed E-state index contributed by atoms with van der Waals surface area (Å²) in [6, 6.07) is 9.82. The van der Waals surface area contributed by atoms with E-state index in [9.17, 15) is 9.59 Å². The lowest BCUT2D eigenvalue weighted by molar-refractivity contribution is -0.123. The van der Waals surface area contributed by atoms with Crippen molar-refractivity contribution in [2.24, 2.45) is 11.3 Å². The molecule has 9 nitrogen and oxygen atoms in total. The summed E-state index contributed by atoms with van der Waals surface area (Å²) in [6.07, 6.45) is 3.77. The standard InChI is InChI=1S/C21H19N7O2/c1-20-13-14-17(23-9-8-22-14)28(2)19(30)21(20,15(13)20)25-18(29)16-24-12(26-27-16)10-11-6-4-3-5-7-11/h3-9,13,15H,10H2,1-2H3,(H,25,29)(H,24,26,27). The van der Waals surface area contributed by atoms with Gasteiger partial charge in [-0.15, -0.1) is 10.2 Å². The number of hydrogen-bond acceptors (Lipinski definition) is 6. The monoisotopic (exact) mass is 401 g/mol. The largest absolute Gasteiger partial charge is 0.334 e. The Bertz CT molecular complexity index is 1210. The summed E-state index contributed by atoms with van der Waals surface area (Å²) in [6.45, 7) is 2.03. The second kappa shape index (κ2) is 5.50. The van der Waals surface area contributed by atoms with Crippen molar-refractivity contribution >= 4 is 17.6 Å². The summed E-state index contributed by atoms with van der Waals surface area (Å²) in [7, 11) is 1.68. The Morgan fingerprint density at radius 3 is 2.70 bits per heavy atom. The first-order valence-corrected chi connectivity index (χ1v) is 9.85. The van der Waals surface area contributed by atoms with E-state index >= 15 is 0 Å². The molecule has 30 heavy (non-hydrogen) atoms. The minimum absolute atomic E-state index is 0.0218. The Balaban J connectivity index is 1.25. The van der Waals surface area contributed by atoms with Crippen molar-refractivity contribution in [3.8, 4) is 0 Å². The van der Waals surface area contributed by atoms with E-state index in [1.807, 2.05) is 37.3 Å². The predicted octanol–water partition coefficient (Wildman–Crippen LogP) is 1.06. The van der Waals surface area contributed by atoms with E-state index in [0.29, 0.717) is 18.1 Å². The van der Waals surface area contributed by atoms with E-state index in [1.54, 1.807) is 19.4 Å².